The number of tetrazole rings is 1. The molecule has 2 aliphatic heterocycles. The molecule has 0 aliphatic carbocycles. The van der Waals surface area contributed by atoms with E-state index >= 15 is 0 Å². The maximum atomic E-state index is 12.6. The number of nitrogens with one attached hydrogen (secondary N) is 1. The van der Waals surface area contributed by atoms with Crippen LogP contribution in [0.1, 0.15) is 42.6 Å². The summed E-state index contributed by atoms with van der Waals surface area (Å²) in [6.45, 7) is 2.98. The van der Waals surface area contributed by atoms with E-state index in [4.69, 9.17) is 16.3 Å². The summed E-state index contributed by atoms with van der Waals surface area (Å²) in [6.07, 6.45) is 3.12. The van der Waals surface area contributed by atoms with Gasteiger partial charge in [-0.05, 0) is 23.8 Å². The Morgan fingerprint density at radius 2 is 2.18 bits per heavy atom. The second-order valence-electron chi connectivity index (χ2n) is 7.86. The van der Waals surface area contributed by atoms with Gasteiger partial charge in [-0.15, -0.1) is 15.0 Å². The molecular weight excluding hydrogens is 470 g/mol. The number of halogens is 1. The zero-order chi connectivity index (χ0) is 23.2. The number of carboxylic acids is 1. The van der Waals surface area contributed by atoms with Crippen molar-refractivity contribution < 1.29 is 19.4 Å². The molecule has 2 aliphatic rings. The van der Waals surface area contributed by atoms with Gasteiger partial charge in [-0.3, -0.25) is 4.79 Å². The summed E-state index contributed by atoms with van der Waals surface area (Å²) in [7, 11) is 0. The summed E-state index contributed by atoms with van der Waals surface area (Å²) < 4.78 is 6.19. The van der Waals surface area contributed by atoms with Crippen molar-refractivity contribution >= 4 is 39.9 Å². The molecule has 1 atom stereocenters. The summed E-state index contributed by atoms with van der Waals surface area (Å²) in [4.78, 5) is 32.3. The molecule has 4 heterocycles. The molecule has 11 nitrogen and oxygen atoms in total. The first-order chi connectivity index (χ1) is 15.9. The second kappa shape index (κ2) is 8.27. The molecule has 3 aromatic rings. The fraction of sp³-hybridized carbons (Fsp3) is 0.400. The standard InChI is InChI=1S/C20H20ClN7O4S/c1-2-13(18(30)31)28-25-16(24-26-28)14-10-22-19(33-14)27-8-6-20(7-9-27)23-17(29)11-4-3-5-12(21)15(11)32-20/h3-5,10,13H,2,6-9H2,1H3,(H,23,29)(H,30,31). The van der Waals surface area contributed by atoms with Crippen LogP contribution in [0, 0.1) is 0 Å². The van der Waals surface area contributed by atoms with Crippen molar-refractivity contribution in [1.82, 2.24) is 30.5 Å². The number of aliphatic carboxylic acids is 1. The molecule has 0 saturated carbocycles. The smallest absolute Gasteiger partial charge is 0.330 e. The van der Waals surface area contributed by atoms with Gasteiger partial charge in [0.2, 0.25) is 5.82 Å². The first-order valence-electron chi connectivity index (χ1n) is 10.4. The lowest BCUT2D eigenvalue weighted by Crippen LogP contribution is -2.61. The minimum absolute atomic E-state index is 0.190. The molecule has 2 aromatic heterocycles. The first-order valence-corrected chi connectivity index (χ1v) is 11.6. The number of ether oxygens (including phenoxy) is 1. The highest BCUT2D eigenvalue weighted by Crippen LogP contribution is 2.39. The third-order valence-corrected chi connectivity index (χ3v) is 7.14. The van der Waals surface area contributed by atoms with Gasteiger partial charge in [0.05, 0.1) is 21.7 Å². The van der Waals surface area contributed by atoms with Gasteiger partial charge in [-0.2, -0.15) is 0 Å². The third-order valence-electron chi connectivity index (χ3n) is 5.78. The van der Waals surface area contributed by atoms with E-state index < -0.39 is 17.7 Å². The lowest BCUT2D eigenvalue weighted by atomic mass is 9.97. The van der Waals surface area contributed by atoms with Crippen molar-refractivity contribution in [1.29, 1.82) is 0 Å². The lowest BCUT2D eigenvalue weighted by molar-refractivity contribution is -0.141. The highest BCUT2D eigenvalue weighted by Gasteiger charge is 2.43. The minimum Gasteiger partial charge on any atom is -0.480 e. The Morgan fingerprint density at radius 3 is 2.91 bits per heavy atom. The Morgan fingerprint density at radius 1 is 1.39 bits per heavy atom. The molecule has 172 valence electrons. The first kappa shape index (κ1) is 21.6. The molecular formula is C20H20ClN7O4S. The SMILES string of the molecule is CCC(C(=O)O)n1nnc(-c2cnc(N3CCC4(CC3)NC(=O)c3cccc(Cl)c3O4)s2)n1. The number of aromatic nitrogens is 5. The molecule has 1 amide bonds. The van der Waals surface area contributed by atoms with Crippen molar-refractivity contribution in [2.45, 2.75) is 38.0 Å². The molecule has 1 aromatic carbocycles. The van der Waals surface area contributed by atoms with Crippen molar-refractivity contribution in [3.05, 3.63) is 35.0 Å². The number of rotatable bonds is 5. The van der Waals surface area contributed by atoms with Crippen LogP contribution in [0.15, 0.2) is 24.4 Å². The normalized spacial score (nSPS) is 17.9. The molecule has 2 N–H and O–H groups in total. The third kappa shape index (κ3) is 3.89. The van der Waals surface area contributed by atoms with Gasteiger partial charge in [-0.1, -0.05) is 35.9 Å². The summed E-state index contributed by atoms with van der Waals surface area (Å²) >= 11 is 7.67. The van der Waals surface area contributed by atoms with Crippen LogP contribution >= 0.6 is 22.9 Å². The number of hydrogen-bond donors (Lipinski definition) is 2. The molecule has 1 unspecified atom stereocenters. The number of hydrogen-bond acceptors (Lipinski definition) is 9. The Labute approximate surface area is 197 Å². The molecule has 1 fully saturated rings. The summed E-state index contributed by atoms with van der Waals surface area (Å²) in [6, 6.07) is 4.27. The number of thiazole rings is 1. The van der Waals surface area contributed by atoms with Crippen molar-refractivity contribution in [3.63, 3.8) is 0 Å². The van der Waals surface area contributed by atoms with Crippen LogP contribution < -0.4 is 15.0 Å². The minimum atomic E-state index is -1.00. The van der Waals surface area contributed by atoms with E-state index in [0.717, 1.165) is 9.93 Å². The van der Waals surface area contributed by atoms with E-state index in [1.807, 2.05) is 0 Å². The van der Waals surface area contributed by atoms with Crippen LogP contribution in [0.25, 0.3) is 10.7 Å². The number of fused-ring (bicyclic) bond motifs is 1. The average Bonchev–Trinajstić information content (AvgIpc) is 3.46. The van der Waals surface area contributed by atoms with Crippen molar-refractivity contribution in [2.75, 3.05) is 18.0 Å². The van der Waals surface area contributed by atoms with E-state index in [1.165, 1.54) is 11.3 Å². The zero-order valence-corrected chi connectivity index (χ0v) is 19.1. The van der Waals surface area contributed by atoms with Gasteiger partial charge in [0.25, 0.3) is 5.91 Å². The molecule has 0 bridgehead atoms. The molecule has 1 saturated heterocycles. The van der Waals surface area contributed by atoms with Gasteiger partial charge < -0.3 is 20.1 Å². The summed E-state index contributed by atoms with van der Waals surface area (Å²) in [5.41, 5.74) is -0.365. The van der Waals surface area contributed by atoms with Crippen LogP contribution in [-0.2, 0) is 4.79 Å². The van der Waals surface area contributed by atoms with E-state index in [9.17, 15) is 14.7 Å². The lowest BCUT2D eigenvalue weighted by Gasteiger charge is -2.44. The van der Waals surface area contributed by atoms with Crippen LogP contribution in [0.4, 0.5) is 5.13 Å². The maximum Gasteiger partial charge on any atom is 0.330 e. The summed E-state index contributed by atoms with van der Waals surface area (Å²) in [5.74, 6) is -0.436. The monoisotopic (exact) mass is 489 g/mol. The number of carbonyl (C=O) groups excluding carboxylic acids is 1. The second-order valence-corrected chi connectivity index (χ2v) is 9.27. The van der Waals surface area contributed by atoms with Crippen molar-refractivity contribution in [3.8, 4) is 16.5 Å². The number of para-hydroxylation sites is 1. The quantitative estimate of drug-likeness (QED) is 0.554. The van der Waals surface area contributed by atoms with E-state index in [1.54, 1.807) is 31.3 Å². The van der Waals surface area contributed by atoms with Gasteiger partial charge in [0.15, 0.2) is 22.6 Å². The number of nitrogens with zero attached hydrogens (tertiary/aromatic N) is 6. The highest BCUT2D eigenvalue weighted by molar-refractivity contribution is 7.18. The topological polar surface area (TPSA) is 135 Å². The fourth-order valence-corrected chi connectivity index (χ4v) is 5.09. The molecule has 1 spiro atoms. The number of anilines is 1. The molecule has 33 heavy (non-hydrogen) atoms. The molecule has 5 rings (SSSR count). The predicted octanol–water partition coefficient (Wildman–Crippen LogP) is 2.60. The van der Waals surface area contributed by atoms with E-state index in [2.05, 4.69) is 30.6 Å². The number of amides is 1. The van der Waals surface area contributed by atoms with Crippen molar-refractivity contribution in [2.24, 2.45) is 0 Å². The molecule has 13 heteroatoms. The van der Waals surface area contributed by atoms with E-state index in [0.29, 0.717) is 59.4 Å². The van der Waals surface area contributed by atoms with Crippen LogP contribution in [0.5, 0.6) is 5.75 Å². The number of carbonyl (C=O) groups is 2. The Kier molecular flexibility index (Phi) is 5.41. The van der Waals surface area contributed by atoms with Crippen LogP contribution in [-0.4, -0.2) is 61.0 Å². The van der Waals surface area contributed by atoms with Gasteiger partial charge in [0, 0.05) is 25.9 Å². The fourth-order valence-electron chi connectivity index (χ4n) is 3.98. The van der Waals surface area contributed by atoms with Crippen LogP contribution in [0.3, 0.4) is 0 Å². The Hall–Kier alpha value is -3.25. The zero-order valence-electron chi connectivity index (χ0n) is 17.6. The largest absolute Gasteiger partial charge is 0.480 e. The molecule has 0 radical (unpaired) electrons. The number of carboxylic acid groups (broad SMARTS) is 1. The Bertz CT molecular complexity index is 1220. The average molecular weight is 490 g/mol. The van der Waals surface area contributed by atoms with Crippen LogP contribution in [0.2, 0.25) is 5.02 Å². The predicted molar refractivity (Wildman–Crippen MR) is 120 cm³/mol. The maximum absolute atomic E-state index is 12.6. The van der Waals surface area contributed by atoms with Gasteiger partial charge in [-0.25, -0.2) is 9.78 Å². The van der Waals surface area contributed by atoms with E-state index in [-0.39, 0.29) is 5.91 Å². The Balaban J connectivity index is 1.29. The number of piperidine rings is 1. The van der Waals surface area contributed by atoms with Gasteiger partial charge in [0.1, 0.15) is 0 Å². The van der Waals surface area contributed by atoms with Gasteiger partial charge >= 0.3 is 5.97 Å². The highest BCUT2D eigenvalue weighted by atomic mass is 35.5. The summed E-state index contributed by atoms with van der Waals surface area (Å²) in [5, 5.41) is 25.6. The number of benzene rings is 1.